The molecule has 0 radical (unpaired) electrons. The van der Waals surface area contributed by atoms with E-state index in [1.165, 1.54) is 5.56 Å². The molecule has 20 heavy (non-hydrogen) atoms. The van der Waals surface area contributed by atoms with Gasteiger partial charge in [0.15, 0.2) is 0 Å². The average molecular weight is 274 g/mol. The van der Waals surface area contributed by atoms with E-state index in [1.54, 1.807) is 0 Å². The molecule has 0 spiro atoms. The number of amides is 1. The van der Waals surface area contributed by atoms with Gasteiger partial charge in [-0.2, -0.15) is 0 Å². The summed E-state index contributed by atoms with van der Waals surface area (Å²) in [6.07, 6.45) is 0.630. The number of piperazine rings is 1. The molecule has 1 aliphatic heterocycles. The van der Waals surface area contributed by atoms with Crippen LogP contribution in [0.5, 0.6) is 0 Å². The van der Waals surface area contributed by atoms with Crippen LogP contribution in [0.15, 0.2) is 30.3 Å². The molecule has 3 heteroatoms. The monoisotopic (exact) mass is 274 g/mol. The first-order valence-corrected chi connectivity index (χ1v) is 7.59. The van der Waals surface area contributed by atoms with Gasteiger partial charge in [0.2, 0.25) is 5.91 Å². The van der Waals surface area contributed by atoms with E-state index in [2.05, 4.69) is 50.1 Å². The first-order valence-electron chi connectivity index (χ1n) is 7.59. The number of benzene rings is 1. The van der Waals surface area contributed by atoms with Crippen LogP contribution >= 0.6 is 0 Å². The van der Waals surface area contributed by atoms with Gasteiger partial charge in [0.25, 0.3) is 0 Å². The van der Waals surface area contributed by atoms with Crippen molar-refractivity contribution in [1.29, 1.82) is 0 Å². The molecule has 1 amide bonds. The molecule has 1 aliphatic rings. The quantitative estimate of drug-likeness (QED) is 0.842. The Morgan fingerprint density at radius 2 is 1.70 bits per heavy atom. The molecule has 1 atom stereocenters. The molecule has 1 fully saturated rings. The largest absolute Gasteiger partial charge is 0.340 e. The summed E-state index contributed by atoms with van der Waals surface area (Å²) in [5, 5.41) is 0. The Morgan fingerprint density at radius 1 is 1.10 bits per heavy atom. The number of carbonyl (C=O) groups is 1. The van der Waals surface area contributed by atoms with Gasteiger partial charge in [-0.25, -0.2) is 0 Å². The topological polar surface area (TPSA) is 23.6 Å². The Balaban J connectivity index is 2.00. The van der Waals surface area contributed by atoms with E-state index in [4.69, 9.17) is 0 Å². The van der Waals surface area contributed by atoms with Crippen LogP contribution < -0.4 is 0 Å². The van der Waals surface area contributed by atoms with E-state index in [0.717, 1.165) is 26.2 Å². The highest BCUT2D eigenvalue weighted by atomic mass is 16.2. The number of hydrogen-bond donors (Lipinski definition) is 0. The highest BCUT2D eigenvalue weighted by molar-refractivity contribution is 5.77. The number of nitrogens with zero attached hydrogens (tertiary/aromatic N) is 2. The van der Waals surface area contributed by atoms with Crippen molar-refractivity contribution in [2.75, 3.05) is 33.2 Å². The first kappa shape index (κ1) is 15.0. The van der Waals surface area contributed by atoms with Crippen LogP contribution in [0.3, 0.4) is 0 Å². The van der Waals surface area contributed by atoms with E-state index < -0.39 is 0 Å². The number of hydrogen-bond acceptors (Lipinski definition) is 2. The van der Waals surface area contributed by atoms with Gasteiger partial charge in [-0.3, -0.25) is 4.79 Å². The Labute approximate surface area is 122 Å². The molecule has 0 unspecified atom stereocenters. The first-order chi connectivity index (χ1) is 9.58. The van der Waals surface area contributed by atoms with Crippen molar-refractivity contribution in [3.8, 4) is 0 Å². The molecule has 1 saturated heterocycles. The lowest BCUT2D eigenvalue weighted by atomic mass is 9.85. The van der Waals surface area contributed by atoms with E-state index in [-0.39, 0.29) is 0 Å². The smallest absolute Gasteiger partial charge is 0.223 e. The van der Waals surface area contributed by atoms with Crippen LogP contribution in [0.25, 0.3) is 0 Å². The van der Waals surface area contributed by atoms with Crippen LogP contribution in [0.4, 0.5) is 0 Å². The molecule has 2 rings (SSSR count). The van der Waals surface area contributed by atoms with Crippen LogP contribution in [0, 0.1) is 5.92 Å². The Kier molecular flexibility index (Phi) is 5.18. The molecule has 1 heterocycles. The second-order valence-corrected chi connectivity index (χ2v) is 6.15. The minimum atomic E-state index is 0.306. The van der Waals surface area contributed by atoms with E-state index in [1.807, 2.05) is 11.0 Å². The summed E-state index contributed by atoms with van der Waals surface area (Å²) in [5.74, 6) is 1.11. The summed E-state index contributed by atoms with van der Waals surface area (Å²) in [7, 11) is 2.11. The Bertz CT molecular complexity index is 422. The Hall–Kier alpha value is -1.35. The van der Waals surface area contributed by atoms with E-state index in [9.17, 15) is 4.79 Å². The molecule has 0 N–H and O–H groups in total. The predicted molar refractivity (Wildman–Crippen MR) is 82.7 cm³/mol. The maximum atomic E-state index is 12.5. The molecular formula is C17H26N2O. The molecule has 110 valence electrons. The highest BCUT2D eigenvalue weighted by Gasteiger charge is 2.24. The van der Waals surface area contributed by atoms with Gasteiger partial charge in [0, 0.05) is 32.6 Å². The number of carbonyl (C=O) groups excluding carboxylic acids is 1. The minimum absolute atomic E-state index is 0.306. The van der Waals surface area contributed by atoms with Crippen molar-refractivity contribution in [2.24, 2.45) is 5.92 Å². The van der Waals surface area contributed by atoms with Crippen LogP contribution in [0.2, 0.25) is 0 Å². The normalized spacial score (nSPS) is 18.3. The SMILES string of the molecule is CC(C)[C@@H](CC(=O)N1CCN(C)CC1)c1ccccc1. The predicted octanol–water partition coefficient (Wildman–Crippen LogP) is 2.59. The summed E-state index contributed by atoms with van der Waals surface area (Å²) in [5.41, 5.74) is 1.28. The van der Waals surface area contributed by atoms with Gasteiger partial charge in [0.05, 0.1) is 0 Å². The van der Waals surface area contributed by atoms with Gasteiger partial charge in [-0.1, -0.05) is 44.2 Å². The standard InChI is InChI=1S/C17H26N2O/c1-14(2)16(15-7-5-4-6-8-15)13-17(20)19-11-9-18(3)10-12-19/h4-8,14,16H,9-13H2,1-3H3/t16-/m1/s1. The summed E-state index contributed by atoms with van der Waals surface area (Å²) in [6.45, 7) is 8.13. The van der Waals surface area contributed by atoms with Crippen molar-refractivity contribution in [1.82, 2.24) is 9.80 Å². The molecular weight excluding hydrogens is 248 g/mol. The summed E-state index contributed by atoms with van der Waals surface area (Å²) in [4.78, 5) is 16.8. The summed E-state index contributed by atoms with van der Waals surface area (Å²) in [6, 6.07) is 10.4. The van der Waals surface area contributed by atoms with Crippen LogP contribution in [-0.2, 0) is 4.79 Å². The number of rotatable bonds is 4. The fraction of sp³-hybridized carbons (Fsp3) is 0.588. The van der Waals surface area contributed by atoms with E-state index in [0.29, 0.717) is 24.2 Å². The summed E-state index contributed by atoms with van der Waals surface area (Å²) < 4.78 is 0. The molecule has 3 nitrogen and oxygen atoms in total. The van der Waals surface area contributed by atoms with Gasteiger partial charge >= 0.3 is 0 Å². The molecule has 1 aromatic rings. The van der Waals surface area contributed by atoms with Gasteiger partial charge < -0.3 is 9.80 Å². The maximum absolute atomic E-state index is 12.5. The van der Waals surface area contributed by atoms with Crippen molar-refractivity contribution in [3.05, 3.63) is 35.9 Å². The Morgan fingerprint density at radius 3 is 2.25 bits per heavy atom. The number of likely N-dealkylation sites (N-methyl/N-ethyl adjacent to an activating group) is 1. The van der Waals surface area contributed by atoms with Crippen LogP contribution in [-0.4, -0.2) is 48.9 Å². The zero-order valence-corrected chi connectivity index (χ0v) is 12.9. The average Bonchev–Trinajstić information content (AvgIpc) is 2.46. The second kappa shape index (κ2) is 6.89. The second-order valence-electron chi connectivity index (χ2n) is 6.15. The lowest BCUT2D eigenvalue weighted by Crippen LogP contribution is -2.47. The van der Waals surface area contributed by atoms with Crippen molar-refractivity contribution in [3.63, 3.8) is 0 Å². The maximum Gasteiger partial charge on any atom is 0.223 e. The van der Waals surface area contributed by atoms with E-state index >= 15 is 0 Å². The van der Waals surface area contributed by atoms with Crippen molar-refractivity contribution in [2.45, 2.75) is 26.2 Å². The zero-order chi connectivity index (χ0) is 14.5. The van der Waals surface area contributed by atoms with Gasteiger partial charge in [-0.15, -0.1) is 0 Å². The third kappa shape index (κ3) is 3.83. The molecule has 0 saturated carbocycles. The zero-order valence-electron chi connectivity index (χ0n) is 12.9. The molecule has 0 aliphatic carbocycles. The third-order valence-electron chi connectivity index (χ3n) is 4.28. The lowest BCUT2D eigenvalue weighted by molar-refractivity contribution is -0.133. The lowest BCUT2D eigenvalue weighted by Gasteiger charge is -2.34. The van der Waals surface area contributed by atoms with Crippen LogP contribution in [0.1, 0.15) is 31.7 Å². The van der Waals surface area contributed by atoms with Crippen molar-refractivity contribution >= 4 is 5.91 Å². The minimum Gasteiger partial charge on any atom is -0.340 e. The summed E-state index contributed by atoms with van der Waals surface area (Å²) >= 11 is 0. The molecule has 0 aromatic heterocycles. The molecule has 1 aromatic carbocycles. The third-order valence-corrected chi connectivity index (χ3v) is 4.28. The van der Waals surface area contributed by atoms with Crippen molar-refractivity contribution < 1.29 is 4.79 Å². The molecule has 0 bridgehead atoms. The van der Waals surface area contributed by atoms with Gasteiger partial charge in [0.1, 0.15) is 0 Å². The highest BCUT2D eigenvalue weighted by Crippen LogP contribution is 2.28. The fourth-order valence-corrected chi connectivity index (χ4v) is 2.81. The van der Waals surface area contributed by atoms with Gasteiger partial charge in [-0.05, 0) is 24.4 Å². The fourth-order valence-electron chi connectivity index (χ4n) is 2.81.